The van der Waals surface area contributed by atoms with Gasteiger partial charge in [-0.15, -0.1) is 0 Å². The summed E-state index contributed by atoms with van der Waals surface area (Å²) in [6.45, 7) is 3.72. The second kappa shape index (κ2) is 10.3. The zero-order valence-electron chi connectivity index (χ0n) is 17.7. The van der Waals surface area contributed by atoms with Crippen molar-refractivity contribution in [2.75, 3.05) is 6.61 Å². The van der Waals surface area contributed by atoms with E-state index < -0.39 is 17.9 Å². The topological polar surface area (TPSA) is 75.6 Å². The van der Waals surface area contributed by atoms with E-state index >= 15 is 0 Å². The summed E-state index contributed by atoms with van der Waals surface area (Å²) >= 11 is 6.15. The summed E-state index contributed by atoms with van der Waals surface area (Å²) in [6.07, 6.45) is 2.53. The lowest BCUT2D eigenvalue weighted by Crippen LogP contribution is -2.31. The standard InChI is InChI=1S/C25H26ClNO4/c1-16-21(24(28)29)23(19-12-8-13-20(26)15-19)22(17(2)27-16)25(30)31-14-7-6-11-18-9-4-3-5-10-18/h3-5,8-10,12-13,15,23,27H,6-7,11,14H2,1-2H3,(H,28,29). The number of nitrogens with one attached hydrogen (secondary N) is 1. The Bertz CT molecular complexity index is 1030. The van der Waals surface area contributed by atoms with Gasteiger partial charge < -0.3 is 15.2 Å². The van der Waals surface area contributed by atoms with Crippen molar-refractivity contribution in [1.82, 2.24) is 5.32 Å². The molecule has 0 bridgehead atoms. The normalized spacial score (nSPS) is 16.2. The first-order valence-corrected chi connectivity index (χ1v) is 10.6. The second-order valence-corrected chi connectivity index (χ2v) is 8.01. The van der Waals surface area contributed by atoms with E-state index in [4.69, 9.17) is 16.3 Å². The minimum Gasteiger partial charge on any atom is -0.478 e. The molecule has 2 aromatic carbocycles. The van der Waals surface area contributed by atoms with Crippen molar-refractivity contribution in [3.63, 3.8) is 0 Å². The Hall–Kier alpha value is -3.05. The number of dihydropyridines is 1. The van der Waals surface area contributed by atoms with E-state index in [1.165, 1.54) is 5.56 Å². The van der Waals surface area contributed by atoms with Crippen LogP contribution in [0.3, 0.4) is 0 Å². The molecule has 2 N–H and O–H groups in total. The van der Waals surface area contributed by atoms with Crippen LogP contribution >= 0.6 is 11.6 Å². The van der Waals surface area contributed by atoms with Crippen molar-refractivity contribution in [2.24, 2.45) is 0 Å². The third-order valence-electron chi connectivity index (χ3n) is 5.33. The van der Waals surface area contributed by atoms with E-state index in [0.29, 0.717) is 27.6 Å². The van der Waals surface area contributed by atoms with Gasteiger partial charge in [0.25, 0.3) is 0 Å². The number of esters is 1. The van der Waals surface area contributed by atoms with Crippen molar-refractivity contribution < 1.29 is 19.4 Å². The Labute approximate surface area is 187 Å². The minimum absolute atomic E-state index is 0.115. The van der Waals surface area contributed by atoms with Gasteiger partial charge in [-0.1, -0.05) is 54.1 Å². The summed E-state index contributed by atoms with van der Waals surface area (Å²) in [6, 6.07) is 17.1. The zero-order valence-corrected chi connectivity index (χ0v) is 18.4. The largest absolute Gasteiger partial charge is 0.478 e. The number of carboxylic acid groups (broad SMARTS) is 1. The highest BCUT2D eigenvalue weighted by molar-refractivity contribution is 6.30. The van der Waals surface area contributed by atoms with Gasteiger partial charge >= 0.3 is 11.9 Å². The summed E-state index contributed by atoms with van der Waals surface area (Å²) in [7, 11) is 0. The fraction of sp³-hybridized carbons (Fsp3) is 0.280. The molecule has 1 unspecified atom stereocenters. The third kappa shape index (κ3) is 5.56. The molecule has 0 fully saturated rings. The molecule has 1 aliphatic heterocycles. The summed E-state index contributed by atoms with van der Waals surface area (Å²) in [5, 5.41) is 13.3. The molecule has 0 saturated carbocycles. The molecule has 0 aromatic heterocycles. The number of carbonyl (C=O) groups excluding carboxylic acids is 1. The molecule has 1 atom stereocenters. The first-order valence-electron chi connectivity index (χ1n) is 10.3. The molecule has 1 aliphatic rings. The molecule has 6 heteroatoms. The molecule has 0 saturated heterocycles. The summed E-state index contributed by atoms with van der Waals surface area (Å²) in [5.41, 5.74) is 3.38. The lowest BCUT2D eigenvalue weighted by molar-refractivity contribution is -0.139. The molecule has 0 aliphatic carbocycles. The molecular weight excluding hydrogens is 414 g/mol. The van der Waals surface area contributed by atoms with Crippen molar-refractivity contribution in [2.45, 2.75) is 39.0 Å². The fourth-order valence-electron chi connectivity index (χ4n) is 3.89. The van der Waals surface area contributed by atoms with Gasteiger partial charge in [-0.2, -0.15) is 0 Å². The number of carboxylic acids is 1. The number of rotatable bonds is 8. The predicted molar refractivity (Wildman–Crippen MR) is 121 cm³/mol. The number of unbranched alkanes of at least 4 members (excludes halogenated alkanes) is 1. The van der Waals surface area contributed by atoms with Crippen LogP contribution in [-0.4, -0.2) is 23.7 Å². The van der Waals surface area contributed by atoms with E-state index in [-0.39, 0.29) is 12.2 Å². The highest BCUT2D eigenvalue weighted by Crippen LogP contribution is 2.39. The van der Waals surface area contributed by atoms with E-state index in [0.717, 1.165) is 19.3 Å². The number of benzene rings is 2. The smallest absolute Gasteiger partial charge is 0.336 e. The number of hydrogen-bond acceptors (Lipinski definition) is 4. The van der Waals surface area contributed by atoms with Crippen LogP contribution in [0, 0.1) is 0 Å². The van der Waals surface area contributed by atoms with Crippen LogP contribution in [0.25, 0.3) is 0 Å². The Morgan fingerprint density at radius 2 is 1.71 bits per heavy atom. The molecule has 0 radical (unpaired) electrons. The monoisotopic (exact) mass is 439 g/mol. The SMILES string of the molecule is CC1=C(C(=O)O)C(c2cccc(Cl)c2)C(C(=O)OCCCCc2ccccc2)=C(C)N1. The van der Waals surface area contributed by atoms with Gasteiger partial charge in [-0.05, 0) is 56.4 Å². The van der Waals surface area contributed by atoms with E-state index in [2.05, 4.69) is 17.4 Å². The van der Waals surface area contributed by atoms with Gasteiger partial charge in [0.1, 0.15) is 0 Å². The van der Waals surface area contributed by atoms with Crippen molar-refractivity contribution in [3.8, 4) is 0 Å². The second-order valence-electron chi connectivity index (χ2n) is 7.57. The summed E-state index contributed by atoms with van der Waals surface area (Å²) in [4.78, 5) is 25.1. The van der Waals surface area contributed by atoms with Crippen LogP contribution in [0.5, 0.6) is 0 Å². The summed E-state index contributed by atoms with van der Waals surface area (Å²) in [5.74, 6) is -2.36. The van der Waals surface area contributed by atoms with E-state index in [1.807, 2.05) is 18.2 Å². The predicted octanol–water partition coefficient (Wildman–Crippen LogP) is 5.23. The molecule has 2 aromatic rings. The maximum Gasteiger partial charge on any atom is 0.336 e. The van der Waals surface area contributed by atoms with Crippen LogP contribution in [0.2, 0.25) is 5.02 Å². The zero-order chi connectivity index (χ0) is 22.4. The first-order chi connectivity index (χ1) is 14.9. The van der Waals surface area contributed by atoms with Crippen molar-refractivity contribution >= 4 is 23.5 Å². The maximum absolute atomic E-state index is 13.0. The number of hydrogen-bond donors (Lipinski definition) is 2. The number of carbonyl (C=O) groups is 2. The maximum atomic E-state index is 13.0. The molecule has 1 heterocycles. The van der Waals surface area contributed by atoms with Crippen molar-refractivity contribution in [1.29, 1.82) is 0 Å². The third-order valence-corrected chi connectivity index (χ3v) is 5.56. The first kappa shape index (κ1) is 22.6. The lowest BCUT2D eigenvalue weighted by atomic mass is 9.80. The Morgan fingerprint density at radius 3 is 2.39 bits per heavy atom. The van der Waals surface area contributed by atoms with Crippen LogP contribution in [0.4, 0.5) is 0 Å². The van der Waals surface area contributed by atoms with Gasteiger partial charge in [0, 0.05) is 16.4 Å². The van der Waals surface area contributed by atoms with Crippen LogP contribution in [0.1, 0.15) is 43.7 Å². The average Bonchev–Trinajstić information content (AvgIpc) is 2.73. The van der Waals surface area contributed by atoms with E-state index in [1.54, 1.807) is 38.1 Å². The molecule has 162 valence electrons. The number of allylic oxidation sites excluding steroid dienone is 2. The van der Waals surface area contributed by atoms with Crippen LogP contribution < -0.4 is 5.32 Å². The number of aliphatic carboxylic acids is 1. The number of aryl methyl sites for hydroxylation is 1. The number of ether oxygens (including phenoxy) is 1. The van der Waals surface area contributed by atoms with Gasteiger partial charge in [-0.3, -0.25) is 0 Å². The molecule has 5 nitrogen and oxygen atoms in total. The molecule has 3 rings (SSSR count). The van der Waals surface area contributed by atoms with Gasteiger partial charge in [0.2, 0.25) is 0 Å². The van der Waals surface area contributed by atoms with Gasteiger partial charge in [-0.25, -0.2) is 9.59 Å². The lowest BCUT2D eigenvalue weighted by Gasteiger charge is -2.29. The quantitative estimate of drug-likeness (QED) is 0.435. The van der Waals surface area contributed by atoms with Gasteiger partial charge in [0.05, 0.1) is 23.7 Å². The van der Waals surface area contributed by atoms with Gasteiger partial charge in [0.15, 0.2) is 0 Å². The summed E-state index contributed by atoms with van der Waals surface area (Å²) < 4.78 is 5.55. The molecule has 0 spiro atoms. The highest BCUT2D eigenvalue weighted by Gasteiger charge is 2.37. The Morgan fingerprint density at radius 1 is 1.00 bits per heavy atom. The van der Waals surface area contributed by atoms with Crippen LogP contribution in [-0.2, 0) is 20.7 Å². The fourth-order valence-corrected chi connectivity index (χ4v) is 4.08. The van der Waals surface area contributed by atoms with E-state index in [9.17, 15) is 14.7 Å². The average molecular weight is 440 g/mol. The Kier molecular flexibility index (Phi) is 7.53. The minimum atomic E-state index is -1.09. The number of halogens is 1. The molecular formula is C25H26ClNO4. The van der Waals surface area contributed by atoms with Crippen LogP contribution in [0.15, 0.2) is 77.1 Å². The highest BCUT2D eigenvalue weighted by atomic mass is 35.5. The Balaban J connectivity index is 1.74. The van der Waals surface area contributed by atoms with Crippen molar-refractivity contribution in [3.05, 3.63) is 93.3 Å². The molecule has 31 heavy (non-hydrogen) atoms. The molecule has 0 amide bonds.